The van der Waals surface area contributed by atoms with Gasteiger partial charge < -0.3 is 10.2 Å². The second-order valence-corrected chi connectivity index (χ2v) is 5.61. The number of aromatic nitrogens is 4. The number of carbonyl (C=O) groups is 1. The Morgan fingerprint density at radius 3 is 2.83 bits per heavy atom. The highest BCUT2D eigenvalue weighted by Crippen LogP contribution is 2.23. The van der Waals surface area contributed by atoms with E-state index in [0.29, 0.717) is 5.78 Å². The fraction of sp³-hybridized carbons (Fsp3) is 0.250. The summed E-state index contributed by atoms with van der Waals surface area (Å²) < 4.78 is 1.62. The number of anilines is 1. The molecule has 23 heavy (non-hydrogen) atoms. The number of carbonyl (C=O) groups excluding carboxylic acids is 1. The van der Waals surface area contributed by atoms with Crippen molar-refractivity contribution < 1.29 is 4.79 Å². The van der Waals surface area contributed by atoms with Crippen LogP contribution < -0.4 is 5.32 Å². The van der Waals surface area contributed by atoms with Crippen LogP contribution in [0.1, 0.15) is 6.42 Å². The van der Waals surface area contributed by atoms with Gasteiger partial charge in [-0.05, 0) is 6.42 Å². The van der Waals surface area contributed by atoms with Crippen LogP contribution in [0.2, 0.25) is 0 Å². The van der Waals surface area contributed by atoms with Gasteiger partial charge >= 0.3 is 0 Å². The molecule has 0 saturated carbocycles. The number of likely N-dealkylation sites (N-methyl/N-ethyl adjacent to an activating group) is 1. The van der Waals surface area contributed by atoms with Gasteiger partial charge in [0.2, 0.25) is 5.91 Å². The first-order valence-corrected chi connectivity index (χ1v) is 7.50. The maximum Gasteiger partial charge on any atom is 0.254 e. The monoisotopic (exact) mass is 308 g/mol. The van der Waals surface area contributed by atoms with Gasteiger partial charge in [-0.3, -0.25) is 4.79 Å². The molecule has 3 aromatic rings. The normalized spacial score (nSPS) is 17.9. The maximum atomic E-state index is 12.1. The van der Waals surface area contributed by atoms with Gasteiger partial charge in [0, 0.05) is 25.2 Å². The Bertz CT molecular complexity index is 859. The van der Waals surface area contributed by atoms with Crippen LogP contribution in [-0.4, -0.2) is 50.0 Å². The minimum atomic E-state index is -0.238. The molecule has 1 N–H and O–H groups in total. The second kappa shape index (κ2) is 5.35. The first-order chi connectivity index (χ1) is 11.2. The lowest BCUT2D eigenvalue weighted by molar-refractivity contribution is -0.127. The van der Waals surface area contributed by atoms with Crippen LogP contribution in [0.15, 0.2) is 42.7 Å². The van der Waals surface area contributed by atoms with Gasteiger partial charge in [-0.15, -0.1) is 0 Å². The zero-order chi connectivity index (χ0) is 15.8. The van der Waals surface area contributed by atoms with E-state index in [2.05, 4.69) is 20.4 Å². The topological polar surface area (TPSA) is 75.4 Å². The standard InChI is InChI=1S/C16H16N6O/c1-21-8-7-12(15(21)23)19-14-9-13(11-5-3-2-4-6-11)20-16-17-10-18-22(14)16/h2-6,9-10,12,19H,7-8H2,1H3. The van der Waals surface area contributed by atoms with Crippen molar-refractivity contribution in [3.05, 3.63) is 42.7 Å². The Balaban J connectivity index is 1.76. The molecule has 1 fully saturated rings. The highest BCUT2D eigenvalue weighted by Gasteiger charge is 2.29. The molecule has 7 nitrogen and oxygen atoms in total. The van der Waals surface area contributed by atoms with Gasteiger partial charge in [-0.25, -0.2) is 4.98 Å². The molecule has 2 aromatic heterocycles. The van der Waals surface area contributed by atoms with Crippen LogP contribution >= 0.6 is 0 Å². The Kier molecular flexibility index (Phi) is 3.18. The molecule has 1 aliphatic rings. The van der Waals surface area contributed by atoms with E-state index in [9.17, 15) is 4.79 Å². The molecule has 0 radical (unpaired) electrons. The summed E-state index contributed by atoms with van der Waals surface area (Å²) in [7, 11) is 1.82. The van der Waals surface area contributed by atoms with E-state index in [1.807, 2.05) is 43.4 Å². The summed E-state index contributed by atoms with van der Waals surface area (Å²) in [4.78, 5) is 22.6. The van der Waals surface area contributed by atoms with Gasteiger partial charge in [0.15, 0.2) is 0 Å². The van der Waals surface area contributed by atoms with Crippen LogP contribution in [0, 0.1) is 0 Å². The molecule has 0 spiro atoms. The SMILES string of the molecule is CN1CCC(Nc2cc(-c3ccccc3)nc3ncnn23)C1=O. The van der Waals surface area contributed by atoms with Gasteiger partial charge in [-0.1, -0.05) is 30.3 Å². The Morgan fingerprint density at radius 2 is 2.09 bits per heavy atom. The summed E-state index contributed by atoms with van der Waals surface area (Å²) >= 11 is 0. The van der Waals surface area contributed by atoms with Gasteiger partial charge in [0.05, 0.1) is 5.69 Å². The molecule has 0 bridgehead atoms. The Hall–Kier alpha value is -2.96. The van der Waals surface area contributed by atoms with Crippen molar-refractivity contribution in [2.45, 2.75) is 12.5 Å². The first kappa shape index (κ1) is 13.7. The van der Waals surface area contributed by atoms with Crippen molar-refractivity contribution >= 4 is 17.5 Å². The van der Waals surface area contributed by atoms with Gasteiger partial charge in [0.25, 0.3) is 5.78 Å². The molecule has 1 unspecified atom stereocenters. The molecule has 116 valence electrons. The number of nitrogens with one attached hydrogen (secondary N) is 1. The van der Waals surface area contributed by atoms with Crippen LogP contribution in [0.5, 0.6) is 0 Å². The van der Waals surface area contributed by atoms with E-state index in [0.717, 1.165) is 30.0 Å². The third kappa shape index (κ3) is 2.40. The molecule has 1 atom stereocenters. The lowest BCUT2D eigenvalue weighted by Crippen LogP contribution is -2.31. The van der Waals surface area contributed by atoms with E-state index in [-0.39, 0.29) is 11.9 Å². The molecule has 4 rings (SSSR count). The lowest BCUT2D eigenvalue weighted by atomic mass is 10.1. The van der Waals surface area contributed by atoms with E-state index >= 15 is 0 Å². The number of fused-ring (bicyclic) bond motifs is 1. The average Bonchev–Trinajstić information content (AvgIpc) is 3.17. The molecular formula is C16H16N6O. The first-order valence-electron chi connectivity index (χ1n) is 7.50. The number of likely N-dealkylation sites (tertiary alicyclic amines) is 1. The van der Waals surface area contributed by atoms with E-state index < -0.39 is 0 Å². The van der Waals surface area contributed by atoms with Crippen molar-refractivity contribution in [3.8, 4) is 11.3 Å². The fourth-order valence-electron chi connectivity index (χ4n) is 2.81. The van der Waals surface area contributed by atoms with E-state index in [1.54, 1.807) is 9.42 Å². The van der Waals surface area contributed by atoms with E-state index in [1.165, 1.54) is 6.33 Å². The molecule has 1 aliphatic heterocycles. The molecular weight excluding hydrogens is 292 g/mol. The molecule has 1 amide bonds. The summed E-state index contributed by atoms with van der Waals surface area (Å²) in [5.41, 5.74) is 1.79. The number of hydrogen-bond acceptors (Lipinski definition) is 5. The number of rotatable bonds is 3. The summed E-state index contributed by atoms with van der Waals surface area (Å²) in [6, 6.07) is 11.6. The number of benzene rings is 1. The zero-order valence-electron chi connectivity index (χ0n) is 12.7. The molecule has 1 saturated heterocycles. The minimum absolute atomic E-state index is 0.0938. The average molecular weight is 308 g/mol. The maximum absolute atomic E-state index is 12.1. The highest BCUT2D eigenvalue weighted by molar-refractivity contribution is 5.86. The van der Waals surface area contributed by atoms with Crippen molar-refractivity contribution in [2.24, 2.45) is 0 Å². The molecule has 3 heterocycles. The predicted octanol–water partition coefficient (Wildman–Crippen LogP) is 1.43. The number of nitrogens with zero attached hydrogens (tertiary/aromatic N) is 5. The lowest BCUT2D eigenvalue weighted by Gasteiger charge is -2.15. The summed E-state index contributed by atoms with van der Waals surface area (Å²) in [6.07, 6.45) is 2.24. The van der Waals surface area contributed by atoms with Crippen LogP contribution in [0.4, 0.5) is 5.82 Å². The predicted molar refractivity (Wildman–Crippen MR) is 85.9 cm³/mol. The second-order valence-electron chi connectivity index (χ2n) is 5.61. The molecule has 1 aromatic carbocycles. The third-order valence-corrected chi connectivity index (χ3v) is 4.07. The molecule has 0 aliphatic carbocycles. The summed E-state index contributed by atoms with van der Waals surface area (Å²) in [5, 5.41) is 7.48. The minimum Gasteiger partial charge on any atom is -0.358 e. The summed E-state index contributed by atoms with van der Waals surface area (Å²) in [6.45, 7) is 0.758. The third-order valence-electron chi connectivity index (χ3n) is 4.07. The van der Waals surface area contributed by atoms with Crippen molar-refractivity contribution in [3.63, 3.8) is 0 Å². The van der Waals surface area contributed by atoms with Gasteiger partial charge in [0.1, 0.15) is 18.2 Å². The van der Waals surface area contributed by atoms with E-state index in [4.69, 9.17) is 0 Å². The Labute approximate surface area is 133 Å². The van der Waals surface area contributed by atoms with Crippen molar-refractivity contribution in [1.29, 1.82) is 0 Å². The largest absolute Gasteiger partial charge is 0.358 e. The smallest absolute Gasteiger partial charge is 0.254 e. The fourth-order valence-corrected chi connectivity index (χ4v) is 2.81. The quantitative estimate of drug-likeness (QED) is 0.792. The van der Waals surface area contributed by atoms with Crippen LogP contribution in [0.3, 0.4) is 0 Å². The summed E-state index contributed by atoms with van der Waals surface area (Å²) in [5.74, 6) is 1.32. The van der Waals surface area contributed by atoms with Gasteiger partial charge in [-0.2, -0.15) is 14.6 Å². The Morgan fingerprint density at radius 1 is 1.26 bits per heavy atom. The highest BCUT2D eigenvalue weighted by atomic mass is 16.2. The number of hydrogen-bond donors (Lipinski definition) is 1. The van der Waals surface area contributed by atoms with Crippen LogP contribution in [0.25, 0.3) is 17.0 Å². The van der Waals surface area contributed by atoms with Crippen molar-refractivity contribution in [2.75, 3.05) is 18.9 Å². The van der Waals surface area contributed by atoms with Crippen LogP contribution in [-0.2, 0) is 4.79 Å². The zero-order valence-corrected chi connectivity index (χ0v) is 12.7. The van der Waals surface area contributed by atoms with Crippen molar-refractivity contribution in [1.82, 2.24) is 24.5 Å². The number of amides is 1. The molecule has 7 heteroatoms.